The van der Waals surface area contributed by atoms with Crippen LogP contribution in [0.3, 0.4) is 0 Å². The van der Waals surface area contributed by atoms with Crippen molar-refractivity contribution in [1.82, 2.24) is 46.2 Å². The minimum Gasteiger partial charge on any atom is -0.479 e. The summed E-state index contributed by atoms with van der Waals surface area (Å²) in [5.74, 6) is -4.70. The third-order valence-corrected chi connectivity index (χ3v) is 14.3. The van der Waals surface area contributed by atoms with E-state index in [1.807, 2.05) is 98.8 Å². The smallest absolute Gasteiger partial charge is 0.374 e. The molecular weight excluding hydrogens is 1230 g/mol. The largest absolute Gasteiger partial charge is 0.479 e. The lowest BCUT2D eigenvalue weighted by atomic mass is 9.85. The van der Waals surface area contributed by atoms with Crippen LogP contribution in [0, 0.1) is 11.8 Å². The summed E-state index contributed by atoms with van der Waals surface area (Å²) in [4.78, 5) is 74.0. The van der Waals surface area contributed by atoms with Crippen LogP contribution in [0.15, 0.2) is 133 Å². The number of ether oxygens (including phenoxy) is 3. The van der Waals surface area contributed by atoms with Gasteiger partial charge in [-0.1, -0.05) is 145 Å². The Morgan fingerprint density at radius 2 is 1.03 bits per heavy atom. The number of benzene rings is 6. The van der Waals surface area contributed by atoms with Crippen LogP contribution in [0.4, 0.5) is 0 Å². The first-order chi connectivity index (χ1) is 42.8. The number of hydrogen-bond donors (Lipinski definition) is 10. The minimum atomic E-state index is -1.64. The second kappa shape index (κ2) is 33.7. The average Bonchev–Trinajstić information content (AvgIpc) is 1.73. The van der Waals surface area contributed by atoms with Crippen LogP contribution in [0.25, 0.3) is 44.3 Å². The molecule has 29 heteroatoms. The van der Waals surface area contributed by atoms with Gasteiger partial charge in [-0.25, -0.2) is 9.59 Å². The maximum atomic E-state index is 13.2. The summed E-state index contributed by atoms with van der Waals surface area (Å²) in [6.45, 7) is 8.04. The van der Waals surface area contributed by atoms with Gasteiger partial charge in [0.25, 0.3) is 11.8 Å². The summed E-state index contributed by atoms with van der Waals surface area (Å²) < 4.78 is 14.4. The number of aliphatic hydroxyl groups excluding tert-OH is 2. The molecule has 25 nitrogen and oxygen atoms in total. The molecule has 0 aliphatic rings. The van der Waals surface area contributed by atoms with Gasteiger partial charge in [-0.05, 0) is 136 Å². The Bertz CT molecular complexity index is 3730. The van der Waals surface area contributed by atoms with Crippen molar-refractivity contribution < 1.29 is 73.7 Å². The number of nitrogens with zero attached hydrogens (tertiary/aromatic N) is 6. The molecule has 0 aliphatic heterocycles. The number of amides is 2. The summed E-state index contributed by atoms with van der Waals surface area (Å²) in [5.41, 5.74) is 12.9. The van der Waals surface area contributed by atoms with Crippen LogP contribution in [-0.4, -0.2) is 153 Å². The van der Waals surface area contributed by atoms with E-state index < -0.39 is 85.9 Å². The number of fused-ring (bicyclic) bond motifs is 2. The monoisotopic (exact) mass is 1300 g/mol. The first-order valence-corrected chi connectivity index (χ1v) is 29.3. The summed E-state index contributed by atoms with van der Waals surface area (Å²) in [7, 11) is -0.740. The molecular formula is C61H68BCl3N10O15. The number of nitrogens with one attached hydrogen (secondary N) is 3. The molecule has 6 atom stereocenters. The van der Waals surface area contributed by atoms with Crippen LogP contribution < -0.4 is 21.6 Å². The SMILES string of the molecule is CB(O)N[C@H](C(=O)OCCl)C(C)C.CC(C)[C@@H](N)C(=O)OCOC(=O)[C@H](O)C[C@@H](Cc1ccc(-c2cccc(Cl)c2)cc1)NC(=O)c1ccc2nnn(O)c2c1.O=C(N[C@H](Cc1ccc(-c2cccc(Cl)c2)cc1)C[C@@H](O)C(=O)O)c1ccc2nnn(O)c2c1. The van der Waals surface area contributed by atoms with Crippen LogP contribution in [0.5, 0.6) is 0 Å². The van der Waals surface area contributed by atoms with Crippen molar-refractivity contribution in [3.05, 3.63) is 166 Å². The number of carboxylic acid groups (broad SMARTS) is 1. The normalized spacial score (nSPS) is 13.1. The highest BCUT2D eigenvalue weighted by molar-refractivity contribution is 6.46. The molecule has 6 aromatic carbocycles. The van der Waals surface area contributed by atoms with E-state index in [-0.39, 0.29) is 59.3 Å². The van der Waals surface area contributed by atoms with Gasteiger partial charge in [-0.15, -0.1) is 10.2 Å². The topological polar surface area (TPSA) is 375 Å². The zero-order valence-electron chi connectivity index (χ0n) is 49.4. The van der Waals surface area contributed by atoms with Gasteiger partial charge in [0.2, 0.25) is 6.79 Å². The molecule has 8 aromatic rings. The third kappa shape index (κ3) is 20.9. The Kier molecular flexibility index (Phi) is 26.4. The molecule has 0 bridgehead atoms. The van der Waals surface area contributed by atoms with E-state index in [1.54, 1.807) is 38.9 Å². The fourth-order valence-corrected chi connectivity index (χ4v) is 9.36. The van der Waals surface area contributed by atoms with E-state index in [1.165, 1.54) is 30.3 Å². The molecule has 0 unspecified atom stereocenters. The molecule has 0 fully saturated rings. The van der Waals surface area contributed by atoms with E-state index in [0.717, 1.165) is 33.4 Å². The van der Waals surface area contributed by atoms with Gasteiger partial charge in [0.1, 0.15) is 34.2 Å². The lowest BCUT2D eigenvalue weighted by Crippen LogP contribution is -2.48. The van der Waals surface area contributed by atoms with Crippen LogP contribution in [0.1, 0.15) is 72.4 Å². The molecule has 11 N–H and O–H groups in total. The highest BCUT2D eigenvalue weighted by atomic mass is 35.5. The van der Waals surface area contributed by atoms with Crippen molar-refractivity contribution in [2.45, 2.75) is 96.6 Å². The summed E-state index contributed by atoms with van der Waals surface area (Å²) in [6.07, 6.45) is -3.11. The van der Waals surface area contributed by atoms with Gasteiger partial charge < -0.3 is 66.6 Å². The molecule has 0 radical (unpaired) electrons. The molecule has 0 aliphatic carbocycles. The summed E-state index contributed by atoms with van der Waals surface area (Å²) in [6, 6.07) is 36.0. The minimum absolute atomic E-state index is 0.0466. The van der Waals surface area contributed by atoms with E-state index in [4.69, 9.17) is 60.1 Å². The number of hydrogen-bond acceptors (Lipinski definition) is 20. The Morgan fingerprint density at radius 3 is 1.43 bits per heavy atom. The molecule has 2 amide bonds. The molecule has 90 heavy (non-hydrogen) atoms. The third-order valence-electron chi connectivity index (χ3n) is 13.7. The fourth-order valence-electron chi connectivity index (χ4n) is 8.87. The molecule has 476 valence electrons. The number of aliphatic carboxylic acids is 1. The zero-order chi connectivity index (χ0) is 65.8. The molecule has 0 saturated carbocycles. The van der Waals surface area contributed by atoms with Crippen LogP contribution >= 0.6 is 34.8 Å². The van der Waals surface area contributed by atoms with Gasteiger partial charge in [0, 0.05) is 46.1 Å². The molecule has 2 aromatic heterocycles. The lowest BCUT2D eigenvalue weighted by Gasteiger charge is -2.22. The lowest BCUT2D eigenvalue weighted by molar-refractivity contribution is -0.175. The zero-order valence-corrected chi connectivity index (χ0v) is 51.7. The number of aromatic nitrogens is 6. The number of rotatable bonds is 25. The van der Waals surface area contributed by atoms with E-state index in [9.17, 15) is 49.4 Å². The predicted molar refractivity (Wildman–Crippen MR) is 334 cm³/mol. The fraction of sp³-hybridized carbons (Fsp3) is 0.311. The number of halogens is 3. The Hall–Kier alpha value is -8.73. The van der Waals surface area contributed by atoms with E-state index >= 15 is 0 Å². The molecule has 0 saturated heterocycles. The summed E-state index contributed by atoms with van der Waals surface area (Å²) in [5, 5.41) is 82.4. The van der Waals surface area contributed by atoms with Crippen molar-refractivity contribution in [3.63, 3.8) is 0 Å². The number of nitrogens with two attached hydrogens (primary N) is 1. The number of aliphatic hydroxyl groups is 2. The second-order valence-electron chi connectivity index (χ2n) is 21.3. The second-order valence-corrected chi connectivity index (χ2v) is 22.4. The predicted octanol–water partition coefficient (Wildman–Crippen LogP) is 6.72. The van der Waals surface area contributed by atoms with Crippen molar-refractivity contribution >= 4 is 99.6 Å². The Labute approximate surface area is 532 Å². The number of carbonyl (C=O) groups excluding carboxylic acids is 5. The Morgan fingerprint density at radius 1 is 0.589 bits per heavy atom. The first kappa shape index (κ1) is 70.4. The van der Waals surface area contributed by atoms with Gasteiger partial charge >= 0.3 is 30.9 Å². The van der Waals surface area contributed by atoms with Crippen molar-refractivity contribution in [2.75, 3.05) is 12.9 Å². The van der Waals surface area contributed by atoms with Gasteiger partial charge in [0.15, 0.2) is 18.3 Å². The highest BCUT2D eigenvalue weighted by Gasteiger charge is 2.28. The van der Waals surface area contributed by atoms with Gasteiger partial charge in [-0.2, -0.15) is 0 Å². The van der Waals surface area contributed by atoms with Crippen LogP contribution in [-0.2, 0) is 46.2 Å². The van der Waals surface area contributed by atoms with Gasteiger partial charge in [-0.3, -0.25) is 19.2 Å². The van der Waals surface area contributed by atoms with Crippen molar-refractivity contribution in [2.24, 2.45) is 17.6 Å². The van der Waals surface area contributed by atoms with E-state index in [0.29, 0.717) is 37.2 Å². The molecule has 8 rings (SSSR count). The Balaban J connectivity index is 0.000000244. The maximum Gasteiger partial charge on any atom is 0.374 e. The van der Waals surface area contributed by atoms with E-state index in [2.05, 4.69) is 41.2 Å². The standard InChI is InChI=1S/C30H32ClN5O7.C24H21ClN4O5.C7H15BClNO3/c1-17(2)27(32)30(40)43-16-42-29(39)26(37)15-23(33-28(38)21-10-11-24-25(14-21)36(41)35-34-24)12-18-6-8-19(9-7-18)20-4-3-5-22(31)13-20;25-18-3-1-2-16(11-18)15-6-4-14(5-7-15)10-19(13-22(30)24(32)33)26-23(31)17-8-9-20-21(12-17)29(34)28-27-20;1-5(2)6(10-8(3)12)7(11)13-4-9/h3-11,13-14,17,23,26-27,37,41H,12,15-16,32H2,1-2H3,(H,33,38);1-9,11-12,19,22,30,34H,10,13H2,(H,26,31)(H,32,33);5-6,10,12H,4H2,1-3H3/t23-,26-,27-;19-,22-;6-/m110/s1. The maximum absolute atomic E-state index is 13.2. The van der Waals surface area contributed by atoms with Crippen molar-refractivity contribution in [3.8, 4) is 22.3 Å². The van der Waals surface area contributed by atoms with Gasteiger partial charge in [0.05, 0.1) is 0 Å². The molecule has 0 spiro atoms. The number of carboxylic acids is 1. The highest BCUT2D eigenvalue weighted by Crippen LogP contribution is 2.26. The van der Waals surface area contributed by atoms with Crippen LogP contribution in [0.2, 0.25) is 16.9 Å². The number of carbonyl (C=O) groups is 6. The van der Waals surface area contributed by atoms with Crippen molar-refractivity contribution in [1.29, 1.82) is 0 Å². The number of esters is 3. The number of alkyl halides is 1. The first-order valence-electron chi connectivity index (χ1n) is 28.1. The molecule has 2 heterocycles. The quantitative estimate of drug-likeness (QED) is 0.00932. The average molecular weight is 1300 g/mol. The summed E-state index contributed by atoms with van der Waals surface area (Å²) >= 11 is 17.4.